The van der Waals surface area contributed by atoms with Gasteiger partial charge in [0.05, 0.1) is 12.3 Å². The van der Waals surface area contributed by atoms with Crippen LogP contribution in [0.15, 0.2) is 36.4 Å². The molecule has 0 bridgehead atoms. The largest absolute Gasteiger partial charge is 0.492 e. The minimum atomic E-state index is -0.0451. The molecule has 1 amide bonds. The van der Waals surface area contributed by atoms with E-state index in [-0.39, 0.29) is 5.91 Å². The van der Waals surface area contributed by atoms with Gasteiger partial charge in [0, 0.05) is 13.1 Å². The number of hydrogen-bond donors (Lipinski definition) is 1. The first kappa shape index (κ1) is 15.3. The molecule has 6 heteroatoms. The van der Waals surface area contributed by atoms with Crippen molar-refractivity contribution in [3.05, 3.63) is 42.1 Å². The third-order valence-electron chi connectivity index (χ3n) is 3.73. The molecular formula is C17H20N4O2. The summed E-state index contributed by atoms with van der Waals surface area (Å²) in [5, 5.41) is 11.3. The Morgan fingerprint density at radius 1 is 1.17 bits per heavy atom. The molecule has 0 saturated carbocycles. The maximum absolute atomic E-state index is 12.2. The summed E-state index contributed by atoms with van der Waals surface area (Å²) in [7, 11) is 0. The molecule has 2 heterocycles. The Hall–Kier alpha value is -2.63. The number of carbonyl (C=O) groups is 1. The van der Waals surface area contributed by atoms with Crippen molar-refractivity contribution in [2.24, 2.45) is 0 Å². The molecule has 0 radical (unpaired) electrons. The number of likely N-dealkylation sites (tertiary alicyclic amines) is 1. The van der Waals surface area contributed by atoms with Gasteiger partial charge in [-0.15, -0.1) is 10.2 Å². The molecule has 6 nitrogen and oxygen atoms in total. The normalized spacial score (nSPS) is 13.9. The van der Waals surface area contributed by atoms with E-state index >= 15 is 0 Å². The van der Waals surface area contributed by atoms with Crippen LogP contribution in [0.5, 0.6) is 5.75 Å². The van der Waals surface area contributed by atoms with Gasteiger partial charge in [0.2, 0.25) is 0 Å². The van der Waals surface area contributed by atoms with Crippen molar-refractivity contribution in [2.45, 2.75) is 19.8 Å². The SMILES string of the molecule is CCOc1ccccc1Nc1ccc(C(=O)N2CCCC2)nn1. The number of para-hydroxylation sites is 2. The molecule has 1 saturated heterocycles. The minimum Gasteiger partial charge on any atom is -0.492 e. The van der Waals surface area contributed by atoms with Crippen LogP contribution in [0.1, 0.15) is 30.3 Å². The van der Waals surface area contributed by atoms with Crippen molar-refractivity contribution < 1.29 is 9.53 Å². The fourth-order valence-corrected chi connectivity index (χ4v) is 2.58. The van der Waals surface area contributed by atoms with E-state index in [9.17, 15) is 4.79 Å². The molecule has 1 aromatic heterocycles. The first-order valence-corrected chi connectivity index (χ1v) is 7.90. The van der Waals surface area contributed by atoms with Crippen LogP contribution in [-0.4, -0.2) is 40.7 Å². The third kappa shape index (κ3) is 3.59. The van der Waals surface area contributed by atoms with Crippen molar-refractivity contribution in [2.75, 3.05) is 25.0 Å². The van der Waals surface area contributed by atoms with E-state index < -0.39 is 0 Å². The molecule has 1 fully saturated rings. The number of amides is 1. The Balaban J connectivity index is 1.71. The summed E-state index contributed by atoms with van der Waals surface area (Å²) in [4.78, 5) is 14.1. The van der Waals surface area contributed by atoms with Crippen LogP contribution in [0.2, 0.25) is 0 Å². The van der Waals surface area contributed by atoms with Crippen molar-refractivity contribution >= 4 is 17.4 Å². The highest BCUT2D eigenvalue weighted by atomic mass is 16.5. The molecule has 1 N–H and O–H groups in total. The van der Waals surface area contributed by atoms with E-state index in [0.29, 0.717) is 18.1 Å². The average molecular weight is 312 g/mol. The lowest BCUT2D eigenvalue weighted by Crippen LogP contribution is -2.28. The van der Waals surface area contributed by atoms with Crippen LogP contribution >= 0.6 is 0 Å². The third-order valence-corrected chi connectivity index (χ3v) is 3.73. The van der Waals surface area contributed by atoms with Gasteiger partial charge >= 0.3 is 0 Å². The van der Waals surface area contributed by atoms with Crippen LogP contribution in [0.3, 0.4) is 0 Å². The van der Waals surface area contributed by atoms with Gasteiger partial charge in [0.25, 0.3) is 5.91 Å². The van der Waals surface area contributed by atoms with E-state index in [4.69, 9.17) is 4.74 Å². The van der Waals surface area contributed by atoms with E-state index in [0.717, 1.165) is 37.4 Å². The molecule has 0 spiro atoms. The predicted octanol–water partition coefficient (Wildman–Crippen LogP) is 2.85. The minimum absolute atomic E-state index is 0.0451. The molecule has 1 aromatic carbocycles. The van der Waals surface area contributed by atoms with E-state index in [1.54, 1.807) is 12.1 Å². The van der Waals surface area contributed by atoms with Crippen LogP contribution in [0.25, 0.3) is 0 Å². The molecule has 1 aliphatic rings. The lowest BCUT2D eigenvalue weighted by Gasteiger charge is -2.14. The second kappa shape index (κ2) is 7.09. The van der Waals surface area contributed by atoms with Gasteiger partial charge in [-0.1, -0.05) is 12.1 Å². The Labute approximate surface area is 135 Å². The highest BCUT2D eigenvalue weighted by molar-refractivity contribution is 5.92. The molecule has 120 valence electrons. The van der Waals surface area contributed by atoms with Crippen molar-refractivity contribution in [3.8, 4) is 5.75 Å². The summed E-state index contributed by atoms with van der Waals surface area (Å²) in [6, 6.07) is 11.1. The molecule has 1 aliphatic heterocycles. The van der Waals surface area contributed by atoms with Gasteiger partial charge in [-0.25, -0.2) is 0 Å². The zero-order chi connectivity index (χ0) is 16.1. The topological polar surface area (TPSA) is 67.3 Å². The van der Waals surface area contributed by atoms with Gasteiger partial charge in [-0.3, -0.25) is 4.79 Å². The van der Waals surface area contributed by atoms with E-state index in [1.165, 1.54) is 0 Å². The molecule has 0 unspecified atom stereocenters. The Morgan fingerprint density at radius 2 is 1.96 bits per heavy atom. The quantitative estimate of drug-likeness (QED) is 0.919. The summed E-state index contributed by atoms with van der Waals surface area (Å²) < 4.78 is 5.57. The second-order valence-electron chi connectivity index (χ2n) is 5.36. The number of benzene rings is 1. The summed E-state index contributed by atoms with van der Waals surface area (Å²) in [5.74, 6) is 1.29. The Kier molecular flexibility index (Phi) is 4.71. The number of ether oxygens (including phenoxy) is 1. The number of carbonyl (C=O) groups excluding carboxylic acids is 1. The Bertz CT molecular complexity index is 667. The molecule has 0 aliphatic carbocycles. The number of nitrogens with one attached hydrogen (secondary N) is 1. The molecule has 2 aromatic rings. The van der Waals surface area contributed by atoms with Crippen LogP contribution in [0.4, 0.5) is 11.5 Å². The summed E-state index contributed by atoms with van der Waals surface area (Å²) in [6.45, 7) is 4.15. The second-order valence-corrected chi connectivity index (χ2v) is 5.36. The smallest absolute Gasteiger partial charge is 0.274 e. The molecular weight excluding hydrogens is 292 g/mol. The number of hydrogen-bond acceptors (Lipinski definition) is 5. The monoisotopic (exact) mass is 312 g/mol. The number of aromatic nitrogens is 2. The highest BCUT2D eigenvalue weighted by Gasteiger charge is 2.20. The van der Waals surface area contributed by atoms with Gasteiger partial charge in [0.15, 0.2) is 11.5 Å². The van der Waals surface area contributed by atoms with E-state index in [1.807, 2.05) is 36.1 Å². The van der Waals surface area contributed by atoms with Crippen molar-refractivity contribution in [1.29, 1.82) is 0 Å². The predicted molar refractivity (Wildman–Crippen MR) is 88.1 cm³/mol. The number of rotatable bonds is 5. The maximum Gasteiger partial charge on any atom is 0.274 e. The maximum atomic E-state index is 12.2. The molecule has 23 heavy (non-hydrogen) atoms. The lowest BCUT2D eigenvalue weighted by molar-refractivity contribution is 0.0786. The summed E-state index contributed by atoms with van der Waals surface area (Å²) >= 11 is 0. The zero-order valence-electron chi connectivity index (χ0n) is 13.2. The number of nitrogens with zero attached hydrogens (tertiary/aromatic N) is 3. The van der Waals surface area contributed by atoms with Gasteiger partial charge in [-0.2, -0.15) is 0 Å². The van der Waals surface area contributed by atoms with Crippen LogP contribution in [0, 0.1) is 0 Å². The van der Waals surface area contributed by atoms with Gasteiger partial charge in [-0.05, 0) is 44.0 Å². The standard InChI is InChI=1S/C17H20N4O2/c1-2-23-15-8-4-3-7-13(15)18-16-10-9-14(19-20-16)17(22)21-11-5-6-12-21/h3-4,7-10H,2,5-6,11-12H2,1H3,(H,18,20). The molecule has 0 atom stereocenters. The average Bonchev–Trinajstić information content (AvgIpc) is 3.11. The summed E-state index contributed by atoms with van der Waals surface area (Å²) in [5.41, 5.74) is 1.21. The fourth-order valence-electron chi connectivity index (χ4n) is 2.58. The first-order valence-electron chi connectivity index (χ1n) is 7.90. The lowest BCUT2D eigenvalue weighted by atomic mass is 10.3. The number of anilines is 2. The van der Waals surface area contributed by atoms with Gasteiger partial charge in [0.1, 0.15) is 5.75 Å². The van der Waals surface area contributed by atoms with Crippen LogP contribution in [-0.2, 0) is 0 Å². The Morgan fingerprint density at radius 3 is 2.65 bits per heavy atom. The van der Waals surface area contributed by atoms with Crippen molar-refractivity contribution in [3.63, 3.8) is 0 Å². The summed E-state index contributed by atoms with van der Waals surface area (Å²) in [6.07, 6.45) is 2.13. The van der Waals surface area contributed by atoms with Crippen molar-refractivity contribution in [1.82, 2.24) is 15.1 Å². The molecule has 3 rings (SSSR count). The zero-order valence-corrected chi connectivity index (χ0v) is 13.2. The highest BCUT2D eigenvalue weighted by Crippen LogP contribution is 2.26. The fraction of sp³-hybridized carbons (Fsp3) is 0.353. The van der Waals surface area contributed by atoms with E-state index in [2.05, 4.69) is 15.5 Å². The first-order chi connectivity index (χ1) is 11.3. The van der Waals surface area contributed by atoms with Gasteiger partial charge < -0.3 is 15.0 Å². The van der Waals surface area contributed by atoms with Crippen LogP contribution < -0.4 is 10.1 Å².